The minimum absolute atomic E-state index is 0.0142. The highest BCUT2D eigenvalue weighted by Crippen LogP contribution is 2.36. The first-order valence-corrected chi connectivity index (χ1v) is 7.88. The molecule has 23 heavy (non-hydrogen) atoms. The van der Waals surface area contributed by atoms with E-state index in [1.165, 1.54) is 0 Å². The van der Waals surface area contributed by atoms with E-state index in [-0.39, 0.29) is 10.7 Å². The van der Waals surface area contributed by atoms with Gasteiger partial charge in [-0.15, -0.1) is 0 Å². The van der Waals surface area contributed by atoms with Crippen molar-refractivity contribution in [3.05, 3.63) is 17.4 Å². The van der Waals surface area contributed by atoms with Crippen LogP contribution in [-0.2, 0) is 0 Å². The number of aromatic nitrogens is 2. The number of hydrogen-bond donors (Lipinski definition) is 0. The molecule has 6 heteroatoms. The van der Waals surface area contributed by atoms with E-state index in [0.717, 1.165) is 5.39 Å². The van der Waals surface area contributed by atoms with Gasteiger partial charge in [0.15, 0.2) is 11.5 Å². The van der Waals surface area contributed by atoms with Crippen LogP contribution in [0.4, 0.5) is 0 Å². The Morgan fingerprint density at radius 3 is 2.26 bits per heavy atom. The van der Waals surface area contributed by atoms with E-state index in [1.807, 2.05) is 6.07 Å². The van der Waals surface area contributed by atoms with Gasteiger partial charge in [0, 0.05) is 11.5 Å². The van der Waals surface area contributed by atoms with Crippen molar-refractivity contribution < 1.29 is 14.2 Å². The highest BCUT2D eigenvalue weighted by Gasteiger charge is 2.24. The van der Waals surface area contributed by atoms with Crippen molar-refractivity contribution in [1.82, 2.24) is 9.97 Å². The summed E-state index contributed by atoms with van der Waals surface area (Å²) in [6.45, 7) is 9.19. The van der Waals surface area contributed by atoms with Crippen molar-refractivity contribution in [2.45, 2.75) is 27.7 Å². The maximum absolute atomic E-state index is 6.03. The summed E-state index contributed by atoms with van der Waals surface area (Å²) in [7, 11) is 3.16. The fraction of sp³-hybridized carbons (Fsp3) is 0.529. The first-order valence-electron chi connectivity index (χ1n) is 7.50. The lowest BCUT2D eigenvalue weighted by Gasteiger charge is -2.28. The molecule has 0 radical (unpaired) electrons. The van der Waals surface area contributed by atoms with Crippen LogP contribution in [-0.4, -0.2) is 30.8 Å². The summed E-state index contributed by atoms with van der Waals surface area (Å²) in [6.07, 6.45) is 0. The van der Waals surface area contributed by atoms with E-state index in [1.54, 1.807) is 20.3 Å². The standard InChI is InChI=1S/C17H23ClN2O3/c1-10(2)17(3,4)9-23-15-11-7-13(21-5)14(22-6)8-12(11)19-16(18)20-15/h7-8,10H,9H2,1-6H3. The van der Waals surface area contributed by atoms with Gasteiger partial charge in [-0.05, 0) is 23.6 Å². The molecule has 0 fully saturated rings. The Bertz CT molecular complexity index is 702. The molecule has 1 heterocycles. The van der Waals surface area contributed by atoms with Gasteiger partial charge in [0.2, 0.25) is 11.2 Å². The zero-order valence-corrected chi connectivity index (χ0v) is 15.2. The van der Waals surface area contributed by atoms with Gasteiger partial charge in [-0.3, -0.25) is 0 Å². The molecular formula is C17H23ClN2O3. The number of rotatable bonds is 6. The molecule has 0 aliphatic rings. The molecular weight excluding hydrogens is 316 g/mol. The second-order valence-corrected chi connectivity index (χ2v) is 6.79. The summed E-state index contributed by atoms with van der Waals surface area (Å²) in [4.78, 5) is 8.47. The minimum Gasteiger partial charge on any atom is -0.493 e. The van der Waals surface area contributed by atoms with Crippen LogP contribution in [0.5, 0.6) is 17.4 Å². The smallest absolute Gasteiger partial charge is 0.226 e. The molecule has 5 nitrogen and oxygen atoms in total. The van der Waals surface area contributed by atoms with Gasteiger partial charge in [0.25, 0.3) is 0 Å². The van der Waals surface area contributed by atoms with Crippen molar-refractivity contribution >= 4 is 22.5 Å². The SMILES string of the molecule is COc1cc2nc(Cl)nc(OCC(C)(C)C(C)C)c2cc1OC. The highest BCUT2D eigenvalue weighted by atomic mass is 35.5. The van der Waals surface area contributed by atoms with Crippen LogP contribution in [0, 0.1) is 11.3 Å². The zero-order chi connectivity index (χ0) is 17.2. The van der Waals surface area contributed by atoms with Crippen LogP contribution in [0.15, 0.2) is 12.1 Å². The third-order valence-electron chi connectivity index (χ3n) is 4.28. The van der Waals surface area contributed by atoms with Crippen molar-refractivity contribution in [3.63, 3.8) is 0 Å². The lowest BCUT2D eigenvalue weighted by Crippen LogP contribution is -2.27. The van der Waals surface area contributed by atoms with E-state index in [9.17, 15) is 0 Å². The molecule has 0 unspecified atom stereocenters. The normalized spacial score (nSPS) is 11.8. The molecule has 2 rings (SSSR count). The van der Waals surface area contributed by atoms with E-state index >= 15 is 0 Å². The fourth-order valence-corrected chi connectivity index (χ4v) is 2.10. The predicted octanol–water partition coefficient (Wildman–Crippen LogP) is 4.36. The summed E-state index contributed by atoms with van der Waals surface area (Å²) in [5.74, 6) is 2.11. The Kier molecular flexibility index (Phi) is 5.19. The van der Waals surface area contributed by atoms with Crippen molar-refractivity contribution in [1.29, 1.82) is 0 Å². The van der Waals surface area contributed by atoms with Crippen molar-refractivity contribution in [2.75, 3.05) is 20.8 Å². The molecule has 0 atom stereocenters. The number of hydrogen-bond acceptors (Lipinski definition) is 5. The summed E-state index contributed by atoms with van der Waals surface area (Å²) in [5, 5.41) is 0.883. The molecule has 126 valence electrons. The predicted molar refractivity (Wildman–Crippen MR) is 91.8 cm³/mol. The molecule has 0 aliphatic heterocycles. The molecule has 1 aromatic heterocycles. The Labute approximate surface area is 141 Å². The highest BCUT2D eigenvalue weighted by molar-refractivity contribution is 6.28. The monoisotopic (exact) mass is 338 g/mol. The van der Waals surface area contributed by atoms with Gasteiger partial charge in [0.1, 0.15) is 0 Å². The van der Waals surface area contributed by atoms with E-state index < -0.39 is 0 Å². The van der Waals surface area contributed by atoms with Crippen LogP contribution in [0.1, 0.15) is 27.7 Å². The van der Waals surface area contributed by atoms with E-state index in [2.05, 4.69) is 37.7 Å². The Morgan fingerprint density at radius 2 is 1.70 bits per heavy atom. The molecule has 0 N–H and O–H groups in total. The lowest BCUT2D eigenvalue weighted by molar-refractivity contribution is 0.128. The molecule has 0 aliphatic carbocycles. The Morgan fingerprint density at radius 1 is 1.09 bits per heavy atom. The number of ether oxygens (including phenoxy) is 3. The van der Waals surface area contributed by atoms with Gasteiger partial charge in [-0.2, -0.15) is 4.98 Å². The number of halogens is 1. The van der Waals surface area contributed by atoms with Crippen LogP contribution in [0.25, 0.3) is 10.9 Å². The minimum atomic E-state index is 0.0142. The molecule has 0 saturated heterocycles. The quantitative estimate of drug-likeness (QED) is 0.732. The Hall–Kier alpha value is -1.75. The second kappa shape index (κ2) is 6.79. The average Bonchev–Trinajstić information content (AvgIpc) is 2.51. The van der Waals surface area contributed by atoms with Gasteiger partial charge >= 0.3 is 0 Å². The summed E-state index contributed by atoms with van der Waals surface area (Å²) in [6, 6.07) is 3.57. The maximum Gasteiger partial charge on any atom is 0.226 e. The molecule has 1 aromatic carbocycles. The van der Waals surface area contributed by atoms with E-state index in [4.69, 9.17) is 25.8 Å². The number of fused-ring (bicyclic) bond motifs is 1. The largest absolute Gasteiger partial charge is 0.493 e. The van der Waals surface area contributed by atoms with Gasteiger partial charge < -0.3 is 14.2 Å². The molecule has 0 bridgehead atoms. The van der Waals surface area contributed by atoms with Crippen LogP contribution < -0.4 is 14.2 Å². The third-order valence-corrected chi connectivity index (χ3v) is 4.45. The molecule has 0 spiro atoms. The molecule has 0 amide bonds. The summed E-state index contributed by atoms with van der Waals surface area (Å²) >= 11 is 6.03. The van der Waals surface area contributed by atoms with Gasteiger partial charge in [-0.25, -0.2) is 4.98 Å². The zero-order valence-electron chi connectivity index (χ0n) is 14.4. The van der Waals surface area contributed by atoms with E-state index in [0.29, 0.717) is 35.4 Å². The fourth-order valence-electron chi connectivity index (χ4n) is 1.93. The van der Waals surface area contributed by atoms with Gasteiger partial charge in [-0.1, -0.05) is 27.7 Å². The van der Waals surface area contributed by atoms with Crippen LogP contribution >= 0.6 is 11.6 Å². The Balaban J connectivity index is 2.46. The maximum atomic E-state index is 6.03. The van der Waals surface area contributed by atoms with Crippen molar-refractivity contribution in [2.24, 2.45) is 11.3 Å². The first kappa shape index (κ1) is 17.6. The number of methoxy groups -OCH3 is 2. The number of nitrogens with zero attached hydrogens (tertiary/aromatic N) is 2. The summed E-state index contributed by atoms with van der Waals surface area (Å²) < 4.78 is 16.6. The lowest BCUT2D eigenvalue weighted by atomic mass is 9.82. The average molecular weight is 339 g/mol. The van der Waals surface area contributed by atoms with Crippen molar-refractivity contribution in [3.8, 4) is 17.4 Å². The summed E-state index contributed by atoms with van der Waals surface area (Å²) in [5.41, 5.74) is 0.667. The molecule has 2 aromatic rings. The topological polar surface area (TPSA) is 53.5 Å². The van der Waals surface area contributed by atoms with Crippen LogP contribution in [0.3, 0.4) is 0 Å². The second-order valence-electron chi connectivity index (χ2n) is 6.45. The first-order chi connectivity index (χ1) is 10.8. The molecule has 0 saturated carbocycles. The third kappa shape index (κ3) is 3.78. The van der Waals surface area contributed by atoms with Gasteiger partial charge in [0.05, 0.1) is 31.7 Å². The van der Waals surface area contributed by atoms with Crippen LogP contribution in [0.2, 0.25) is 5.28 Å². The number of benzene rings is 1.